The largest absolute Gasteiger partial charge is 0.371 e. The Kier molecular flexibility index (Phi) is 4.50. The van der Waals surface area contributed by atoms with Crippen molar-refractivity contribution in [1.82, 2.24) is 0 Å². The third-order valence-electron chi connectivity index (χ3n) is 2.44. The van der Waals surface area contributed by atoms with Gasteiger partial charge in [-0.05, 0) is 76.4 Å². The average molecular weight is 406 g/mol. The summed E-state index contributed by atoms with van der Waals surface area (Å²) in [6, 6.07) is 0. The number of rotatable bonds is 2. The van der Waals surface area contributed by atoms with Gasteiger partial charge < -0.3 is 4.74 Å². The van der Waals surface area contributed by atoms with Gasteiger partial charge in [-0.2, -0.15) is 0 Å². The Morgan fingerprint density at radius 1 is 1.54 bits per heavy atom. The van der Waals surface area contributed by atoms with Crippen LogP contribution in [0.25, 0.3) is 0 Å². The Labute approximate surface area is 108 Å². The van der Waals surface area contributed by atoms with Gasteiger partial charge in [-0.3, -0.25) is 0 Å². The quantitative estimate of drug-likeness (QED) is 0.622. The summed E-state index contributed by atoms with van der Waals surface area (Å²) in [5.74, 6) is 0.699. The predicted octanol–water partition coefficient (Wildman–Crippen LogP) is 4.29. The molecule has 1 unspecified atom stereocenters. The van der Waals surface area contributed by atoms with Crippen molar-refractivity contribution in [1.29, 1.82) is 0 Å². The van der Waals surface area contributed by atoms with Gasteiger partial charge in [0.05, 0.1) is 13.8 Å². The number of hydrogen-bond donors (Lipinski definition) is 0. The molecule has 1 saturated heterocycles. The van der Waals surface area contributed by atoms with Gasteiger partial charge in [0.2, 0.25) is 0 Å². The van der Waals surface area contributed by atoms with E-state index in [-0.39, 0.29) is 5.60 Å². The molecule has 13 heavy (non-hydrogen) atoms. The fourth-order valence-corrected chi connectivity index (χ4v) is 3.67. The number of ether oxygens (including phenoxy) is 1. The molecule has 0 aromatic rings. The van der Waals surface area contributed by atoms with E-state index >= 15 is 0 Å². The highest BCUT2D eigenvalue weighted by atomic mass is 127. The first-order valence-electron chi connectivity index (χ1n) is 4.64. The van der Waals surface area contributed by atoms with Crippen LogP contribution >= 0.6 is 45.2 Å². The van der Waals surface area contributed by atoms with Gasteiger partial charge in [-0.15, -0.1) is 0 Å². The second-order valence-electron chi connectivity index (χ2n) is 4.17. The van der Waals surface area contributed by atoms with E-state index in [1.807, 2.05) is 0 Å². The standard InChI is InChI=1S/C10H16I2O/c1-7(2)6-10(3)8(9(11)12)4-5-13-10/h7H,4-6H2,1-3H3. The maximum Gasteiger partial charge on any atom is 0.0884 e. The molecule has 0 radical (unpaired) electrons. The maximum absolute atomic E-state index is 5.86. The van der Waals surface area contributed by atoms with Crippen molar-refractivity contribution in [3.63, 3.8) is 0 Å². The molecular formula is C10H16I2O. The van der Waals surface area contributed by atoms with E-state index in [0.717, 1.165) is 19.4 Å². The molecule has 76 valence electrons. The van der Waals surface area contributed by atoms with Crippen LogP contribution < -0.4 is 0 Å². The average Bonchev–Trinajstić information content (AvgIpc) is 2.28. The van der Waals surface area contributed by atoms with Crippen molar-refractivity contribution < 1.29 is 4.74 Å². The zero-order valence-corrected chi connectivity index (χ0v) is 12.7. The van der Waals surface area contributed by atoms with Crippen molar-refractivity contribution >= 4 is 45.2 Å². The Balaban J connectivity index is 2.82. The molecule has 1 atom stereocenters. The fourth-order valence-electron chi connectivity index (χ4n) is 1.99. The van der Waals surface area contributed by atoms with Gasteiger partial charge >= 0.3 is 0 Å². The summed E-state index contributed by atoms with van der Waals surface area (Å²) in [4.78, 5) is 0. The molecule has 1 nitrogen and oxygen atoms in total. The Bertz CT molecular complexity index is 219. The highest BCUT2D eigenvalue weighted by molar-refractivity contribution is 14.2. The Morgan fingerprint density at radius 3 is 2.62 bits per heavy atom. The van der Waals surface area contributed by atoms with Crippen molar-refractivity contribution in [3.05, 3.63) is 7.16 Å². The SMILES string of the molecule is CC(C)CC1(C)OCCC1=C(I)I. The fraction of sp³-hybridized carbons (Fsp3) is 0.800. The molecule has 1 aliphatic heterocycles. The first-order valence-corrected chi connectivity index (χ1v) is 6.80. The summed E-state index contributed by atoms with van der Waals surface area (Å²) in [5, 5.41) is 0. The second kappa shape index (κ2) is 4.79. The monoisotopic (exact) mass is 406 g/mol. The van der Waals surface area contributed by atoms with E-state index in [1.165, 1.54) is 7.16 Å². The van der Waals surface area contributed by atoms with E-state index < -0.39 is 0 Å². The highest BCUT2D eigenvalue weighted by Crippen LogP contribution is 2.41. The van der Waals surface area contributed by atoms with E-state index in [9.17, 15) is 0 Å². The molecule has 0 N–H and O–H groups in total. The lowest BCUT2D eigenvalue weighted by atomic mass is 9.88. The zero-order chi connectivity index (χ0) is 10.1. The van der Waals surface area contributed by atoms with Crippen LogP contribution in [-0.4, -0.2) is 12.2 Å². The molecule has 0 aromatic carbocycles. The first kappa shape index (κ1) is 12.2. The summed E-state index contributed by atoms with van der Waals surface area (Å²) >= 11 is 4.81. The van der Waals surface area contributed by atoms with Gasteiger partial charge in [-0.25, -0.2) is 0 Å². The molecule has 0 aromatic heterocycles. The molecule has 0 aliphatic carbocycles. The van der Waals surface area contributed by atoms with Crippen molar-refractivity contribution in [2.24, 2.45) is 5.92 Å². The van der Waals surface area contributed by atoms with Crippen LogP contribution in [0.3, 0.4) is 0 Å². The van der Waals surface area contributed by atoms with Crippen molar-refractivity contribution in [3.8, 4) is 0 Å². The number of halogens is 2. The summed E-state index contributed by atoms with van der Waals surface area (Å²) in [5.41, 5.74) is 1.52. The van der Waals surface area contributed by atoms with E-state index in [1.54, 1.807) is 0 Å². The van der Waals surface area contributed by atoms with Gasteiger partial charge in [-0.1, -0.05) is 13.8 Å². The molecule has 0 bridgehead atoms. The van der Waals surface area contributed by atoms with Crippen LogP contribution in [0.4, 0.5) is 0 Å². The smallest absolute Gasteiger partial charge is 0.0884 e. The van der Waals surface area contributed by atoms with Crippen molar-refractivity contribution in [2.45, 2.75) is 39.2 Å². The number of hydrogen-bond acceptors (Lipinski definition) is 1. The Hall–Kier alpha value is 1.16. The minimum Gasteiger partial charge on any atom is -0.371 e. The molecule has 1 fully saturated rings. The predicted molar refractivity (Wildman–Crippen MR) is 73.5 cm³/mol. The van der Waals surface area contributed by atoms with Crippen LogP contribution in [0.1, 0.15) is 33.6 Å². The minimum absolute atomic E-state index is 0.0197. The lowest BCUT2D eigenvalue weighted by Crippen LogP contribution is -2.27. The lowest BCUT2D eigenvalue weighted by Gasteiger charge is -2.27. The van der Waals surface area contributed by atoms with E-state index in [4.69, 9.17) is 4.74 Å². The lowest BCUT2D eigenvalue weighted by molar-refractivity contribution is 0.0235. The topological polar surface area (TPSA) is 9.23 Å². The van der Waals surface area contributed by atoms with E-state index in [2.05, 4.69) is 66.0 Å². The molecule has 0 amide bonds. The Morgan fingerprint density at radius 2 is 2.15 bits per heavy atom. The van der Waals surface area contributed by atoms with Crippen LogP contribution in [0.15, 0.2) is 7.16 Å². The third-order valence-corrected chi connectivity index (χ3v) is 3.74. The van der Waals surface area contributed by atoms with E-state index in [0.29, 0.717) is 5.92 Å². The summed E-state index contributed by atoms with van der Waals surface area (Å²) in [7, 11) is 0. The van der Waals surface area contributed by atoms with Gasteiger partial charge in [0.25, 0.3) is 0 Å². The van der Waals surface area contributed by atoms with Gasteiger partial charge in [0.15, 0.2) is 0 Å². The maximum atomic E-state index is 5.86. The molecule has 0 saturated carbocycles. The van der Waals surface area contributed by atoms with Crippen molar-refractivity contribution in [2.75, 3.05) is 6.61 Å². The first-order chi connectivity index (χ1) is 5.96. The van der Waals surface area contributed by atoms with Gasteiger partial charge in [0, 0.05) is 0 Å². The normalized spacial score (nSPS) is 28.6. The third kappa shape index (κ3) is 3.06. The second-order valence-corrected chi connectivity index (χ2v) is 8.39. The minimum atomic E-state index is 0.0197. The summed E-state index contributed by atoms with van der Waals surface area (Å²) in [6.45, 7) is 7.63. The molecule has 1 aliphatic rings. The van der Waals surface area contributed by atoms with Gasteiger partial charge in [0.1, 0.15) is 0 Å². The highest BCUT2D eigenvalue weighted by Gasteiger charge is 2.36. The zero-order valence-electron chi connectivity index (χ0n) is 8.36. The summed E-state index contributed by atoms with van der Waals surface area (Å²) in [6.07, 6.45) is 2.25. The molecule has 0 spiro atoms. The van der Waals surface area contributed by atoms with Crippen LogP contribution in [0, 0.1) is 5.92 Å². The molecule has 1 rings (SSSR count). The van der Waals surface area contributed by atoms with Crippen LogP contribution in [0.2, 0.25) is 0 Å². The van der Waals surface area contributed by atoms with Crippen LogP contribution in [0.5, 0.6) is 0 Å². The molecule has 3 heteroatoms. The molecular weight excluding hydrogens is 390 g/mol. The summed E-state index contributed by atoms with van der Waals surface area (Å²) < 4.78 is 7.24. The molecule has 1 heterocycles. The van der Waals surface area contributed by atoms with Crippen LogP contribution in [-0.2, 0) is 4.74 Å².